The average Bonchev–Trinajstić information content (AvgIpc) is 3.39. The number of rotatable bonds is 13. The first-order valence-electron chi connectivity index (χ1n) is 14.0. The van der Waals surface area contributed by atoms with Crippen LogP contribution in [0.4, 0.5) is 5.69 Å². The second-order valence-corrected chi connectivity index (χ2v) is 10.2. The van der Waals surface area contributed by atoms with Gasteiger partial charge in [0.15, 0.2) is 0 Å². The fraction of sp³-hybridized carbons (Fsp3) is 0.533. The lowest BCUT2D eigenvalue weighted by Gasteiger charge is -2.28. The summed E-state index contributed by atoms with van der Waals surface area (Å²) in [5.74, 6) is -0.467. The molecular weight excluding hydrogens is 496 g/mol. The maximum absolute atomic E-state index is 13.1. The van der Waals surface area contributed by atoms with Crippen LogP contribution in [0.3, 0.4) is 0 Å². The van der Waals surface area contributed by atoms with Crippen molar-refractivity contribution in [2.24, 2.45) is 5.92 Å². The molecule has 1 heterocycles. The van der Waals surface area contributed by atoms with E-state index in [-0.39, 0.29) is 42.2 Å². The number of aromatic nitrogens is 1. The van der Waals surface area contributed by atoms with E-state index < -0.39 is 0 Å². The Hall–Kier alpha value is -3.62. The Balaban J connectivity index is 1.43. The van der Waals surface area contributed by atoms with Crippen molar-refractivity contribution in [3.8, 4) is 0 Å². The van der Waals surface area contributed by atoms with Gasteiger partial charge in [-0.05, 0) is 82.2 Å². The Labute approximate surface area is 231 Å². The zero-order valence-electron chi connectivity index (χ0n) is 23.4. The standard InChI is InChI=1S/C30H42N4O5/c1-4-34(25-11-8-10-22(2)20-25)27(35)21-33-19-9-12-26(33)30(38)32-24-16-14-23(15-17-24)29(37)31-18-7-5-6-13-28(36)39-3/h8-12,19-20,23-24H,4-7,13-18,21H2,1-3H3,(H,31,37)(H,32,38)/t23-,24-. The third-order valence-electron chi connectivity index (χ3n) is 7.32. The third-order valence-corrected chi connectivity index (χ3v) is 7.32. The van der Waals surface area contributed by atoms with Crippen LogP contribution in [0, 0.1) is 12.8 Å². The Bertz CT molecular complexity index is 1120. The van der Waals surface area contributed by atoms with Gasteiger partial charge in [-0.3, -0.25) is 19.2 Å². The van der Waals surface area contributed by atoms with Crippen molar-refractivity contribution < 1.29 is 23.9 Å². The highest BCUT2D eigenvalue weighted by atomic mass is 16.5. The number of unbranched alkanes of at least 4 members (excludes halogenated alkanes) is 2. The largest absolute Gasteiger partial charge is 0.469 e. The molecule has 1 saturated carbocycles. The van der Waals surface area contributed by atoms with Crippen molar-refractivity contribution in [3.05, 3.63) is 53.9 Å². The van der Waals surface area contributed by atoms with Gasteiger partial charge in [-0.25, -0.2) is 0 Å². The van der Waals surface area contributed by atoms with Crippen molar-refractivity contribution in [2.45, 2.75) is 77.8 Å². The molecule has 2 N–H and O–H groups in total. The summed E-state index contributed by atoms with van der Waals surface area (Å²) in [5, 5.41) is 6.11. The normalized spacial score (nSPS) is 16.8. The lowest BCUT2D eigenvalue weighted by atomic mass is 9.85. The first-order valence-corrected chi connectivity index (χ1v) is 14.0. The summed E-state index contributed by atoms with van der Waals surface area (Å²) in [6.07, 6.45) is 7.54. The van der Waals surface area contributed by atoms with Gasteiger partial charge < -0.3 is 24.8 Å². The lowest BCUT2D eigenvalue weighted by molar-refractivity contribution is -0.140. The first kappa shape index (κ1) is 29.9. The lowest BCUT2D eigenvalue weighted by Crippen LogP contribution is -2.42. The molecule has 39 heavy (non-hydrogen) atoms. The number of aryl methyl sites for hydroxylation is 1. The molecule has 1 aromatic heterocycles. The van der Waals surface area contributed by atoms with Crippen LogP contribution in [0.2, 0.25) is 0 Å². The van der Waals surface area contributed by atoms with Crippen LogP contribution in [0.1, 0.15) is 74.3 Å². The number of likely N-dealkylation sites (N-methyl/N-ethyl adjacent to an activating group) is 1. The summed E-state index contributed by atoms with van der Waals surface area (Å²) in [6.45, 7) is 5.15. The second kappa shape index (κ2) is 15.1. The number of anilines is 1. The molecule has 1 fully saturated rings. The molecule has 0 saturated heterocycles. The molecule has 1 aromatic carbocycles. The maximum Gasteiger partial charge on any atom is 0.305 e. The summed E-state index contributed by atoms with van der Waals surface area (Å²) in [4.78, 5) is 51.6. The van der Waals surface area contributed by atoms with Gasteiger partial charge in [0.2, 0.25) is 11.8 Å². The maximum atomic E-state index is 13.1. The van der Waals surface area contributed by atoms with Gasteiger partial charge in [-0.1, -0.05) is 18.6 Å². The predicted molar refractivity (Wildman–Crippen MR) is 150 cm³/mol. The minimum Gasteiger partial charge on any atom is -0.469 e. The summed E-state index contributed by atoms with van der Waals surface area (Å²) < 4.78 is 6.32. The van der Waals surface area contributed by atoms with Crippen LogP contribution >= 0.6 is 0 Å². The van der Waals surface area contributed by atoms with Crippen molar-refractivity contribution in [3.63, 3.8) is 0 Å². The molecule has 0 radical (unpaired) electrons. The molecule has 0 atom stereocenters. The molecule has 212 valence electrons. The fourth-order valence-corrected chi connectivity index (χ4v) is 5.08. The SMILES string of the molecule is CCN(C(=O)Cn1cccc1C(=O)N[C@H]1CC[C@H](C(=O)NCCCCCC(=O)OC)CC1)c1cccc(C)c1. The second-order valence-electron chi connectivity index (χ2n) is 10.2. The Morgan fingerprint density at radius 1 is 1.03 bits per heavy atom. The molecule has 3 rings (SSSR count). The number of hydrogen-bond acceptors (Lipinski definition) is 5. The first-order chi connectivity index (χ1) is 18.8. The van der Waals surface area contributed by atoms with Gasteiger partial charge >= 0.3 is 5.97 Å². The Morgan fingerprint density at radius 2 is 1.79 bits per heavy atom. The van der Waals surface area contributed by atoms with Crippen molar-refractivity contribution in [2.75, 3.05) is 25.1 Å². The minimum absolute atomic E-state index is 0.00152. The van der Waals surface area contributed by atoms with E-state index in [4.69, 9.17) is 0 Å². The van der Waals surface area contributed by atoms with Crippen LogP contribution < -0.4 is 15.5 Å². The van der Waals surface area contributed by atoms with Gasteiger partial charge in [0, 0.05) is 43.4 Å². The minimum atomic E-state index is -0.203. The third kappa shape index (κ3) is 8.97. The van der Waals surface area contributed by atoms with E-state index in [1.165, 1.54) is 7.11 Å². The van der Waals surface area contributed by atoms with Crippen molar-refractivity contribution in [1.82, 2.24) is 15.2 Å². The quantitative estimate of drug-likeness (QED) is 0.296. The Kier molecular flexibility index (Phi) is 11.6. The number of methoxy groups -OCH3 is 1. The molecule has 1 aliphatic rings. The number of hydrogen-bond donors (Lipinski definition) is 2. The molecule has 2 aromatic rings. The van der Waals surface area contributed by atoms with Gasteiger partial charge in [0.05, 0.1) is 7.11 Å². The van der Waals surface area contributed by atoms with Gasteiger partial charge in [-0.15, -0.1) is 0 Å². The van der Waals surface area contributed by atoms with Crippen LogP contribution in [-0.4, -0.2) is 54.5 Å². The van der Waals surface area contributed by atoms with E-state index in [0.717, 1.165) is 56.2 Å². The van der Waals surface area contributed by atoms with E-state index in [2.05, 4.69) is 15.4 Å². The smallest absolute Gasteiger partial charge is 0.305 e. The van der Waals surface area contributed by atoms with E-state index in [9.17, 15) is 19.2 Å². The van der Waals surface area contributed by atoms with E-state index in [0.29, 0.717) is 25.2 Å². The van der Waals surface area contributed by atoms with Crippen molar-refractivity contribution >= 4 is 29.4 Å². The molecule has 1 aliphatic carbocycles. The molecule has 0 unspecified atom stereocenters. The van der Waals surface area contributed by atoms with Crippen LogP contribution in [0.25, 0.3) is 0 Å². The van der Waals surface area contributed by atoms with Gasteiger partial charge in [0.1, 0.15) is 12.2 Å². The highest BCUT2D eigenvalue weighted by Gasteiger charge is 2.28. The number of benzene rings is 1. The zero-order valence-corrected chi connectivity index (χ0v) is 23.4. The molecule has 0 aliphatic heterocycles. The molecule has 0 bridgehead atoms. The van der Waals surface area contributed by atoms with E-state index >= 15 is 0 Å². The molecule has 0 spiro atoms. The van der Waals surface area contributed by atoms with E-state index in [1.807, 2.05) is 38.1 Å². The van der Waals surface area contributed by atoms with Crippen LogP contribution in [0.5, 0.6) is 0 Å². The highest BCUT2D eigenvalue weighted by molar-refractivity contribution is 5.96. The van der Waals surface area contributed by atoms with E-state index in [1.54, 1.807) is 27.8 Å². The number of ether oxygens (including phenoxy) is 1. The topological polar surface area (TPSA) is 110 Å². The summed E-state index contributed by atoms with van der Waals surface area (Å²) in [7, 11) is 1.39. The predicted octanol–water partition coefficient (Wildman–Crippen LogP) is 3.99. The molecule has 9 heteroatoms. The number of nitrogens with zero attached hydrogens (tertiary/aromatic N) is 2. The van der Waals surface area contributed by atoms with Crippen LogP contribution in [0.15, 0.2) is 42.6 Å². The highest BCUT2D eigenvalue weighted by Crippen LogP contribution is 2.25. The molecular formula is C30H42N4O5. The number of nitrogens with one attached hydrogen (secondary N) is 2. The van der Waals surface area contributed by atoms with Gasteiger partial charge in [0.25, 0.3) is 5.91 Å². The number of amides is 3. The number of carbonyl (C=O) groups is 4. The summed E-state index contributed by atoms with van der Waals surface area (Å²) in [6, 6.07) is 11.3. The Morgan fingerprint density at radius 3 is 2.49 bits per heavy atom. The monoisotopic (exact) mass is 538 g/mol. The van der Waals surface area contributed by atoms with Gasteiger partial charge in [-0.2, -0.15) is 0 Å². The van der Waals surface area contributed by atoms with Crippen LogP contribution in [-0.2, 0) is 25.7 Å². The molecule has 9 nitrogen and oxygen atoms in total. The number of esters is 1. The zero-order chi connectivity index (χ0) is 28.2. The fourth-order valence-electron chi connectivity index (χ4n) is 5.08. The molecule has 3 amide bonds. The van der Waals surface area contributed by atoms with Crippen molar-refractivity contribution in [1.29, 1.82) is 0 Å². The number of carbonyl (C=O) groups excluding carboxylic acids is 4. The summed E-state index contributed by atoms with van der Waals surface area (Å²) >= 11 is 0. The summed E-state index contributed by atoms with van der Waals surface area (Å²) in [5.41, 5.74) is 2.38. The average molecular weight is 539 g/mol.